The first-order valence-corrected chi connectivity index (χ1v) is 11.2. The number of hydrogen-bond acceptors (Lipinski definition) is 7. The number of methoxy groups -OCH3 is 1. The van der Waals surface area contributed by atoms with Gasteiger partial charge in [-0.25, -0.2) is 0 Å². The van der Waals surface area contributed by atoms with Gasteiger partial charge in [-0.2, -0.15) is 0 Å². The Bertz CT molecular complexity index is 1060. The molecule has 0 spiro atoms. The number of hydrogen-bond donors (Lipinski definition) is 1. The molecule has 1 atom stereocenters. The summed E-state index contributed by atoms with van der Waals surface area (Å²) < 4.78 is 10.8. The van der Waals surface area contributed by atoms with Crippen molar-refractivity contribution in [3.8, 4) is 11.5 Å². The number of anilines is 2. The van der Waals surface area contributed by atoms with Crippen LogP contribution in [-0.2, 0) is 9.59 Å². The Labute approximate surface area is 190 Å². The fraction of sp³-hybridized carbons (Fsp3) is 0.304. The summed E-state index contributed by atoms with van der Waals surface area (Å²) in [6.45, 7) is 0.995. The van der Waals surface area contributed by atoms with Crippen molar-refractivity contribution in [2.45, 2.75) is 25.2 Å². The number of rotatable bonds is 9. The number of amides is 2. The van der Waals surface area contributed by atoms with Crippen LogP contribution in [0.1, 0.15) is 30.2 Å². The third-order valence-corrected chi connectivity index (χ3v) is 6.11. The standard InChI is InChI=1S/C23H24N4O4S/c1-30-18-11-9-17(10-12-18)27-15-16(14-21(27)29)22-25-26-23(32-22)24-20(28)8-5-13-31-19-6-3-2-4-7-19/h2-4,6-7,9-12,16H,5,8,13-15H2,1H3,(H,24,26,28)/t16-/m1/s1. The van der Waals surface area contributed by atoms with Gasteiger partial charge in [-0.3, -0.25) is 9.59 Å². The molecule has 2 amide bonds. The fourth-order valence-electron chi connectivity index (χ4n) is 3.46. The molecule has 0 radical (unpaired) electrons. The number of para-hydroxylation sites is 1. The summed E-state index contributed by atoms with van der Waals surface area (Å²) in [6, 6.07) is 16.9. The summed E-state index contributed by atoms with van der Waals surface area (Å²) in [6.07, 6.45) is 1.29. The molecule has 1 aromatic heterocycles. The monoisotopic (exact) mass is 452 g/mol. The van der Waals surface area contributed by atoms with Crippen LogP contribution in [0, 0.1) is 0 Å². The Kier molecular flexibility index (Phi) is 6.96. The molecule has 1 aliphatic heterocycles. The predicted octanol–water partition coefficient (Wildman–Crippen LogP) is 3.86. The maximum atomic E-state index is 12.5. The van der Waals surface area contributed by atoms with E-state index < -0.39 is 0 Å². The predicted molar refractivity (Wildman–Crippen MR) is 122 cm³/mol. The number of nitrogens with zero attached hydrogens (tertiary/aromatic N) is 3. The van der Waals surface area contributed by atoms with Crippen LogP contribution in [0.4, 0.5) is 10.8 Å². The summed E-state index contributed by atoms with van der Waals surface area (Å²) in [5.41, 5.74) is 0.828. The first-order valence-electron chi connectivity index (χ1n) is 10.4. The molecule has 1 N–H and O–H groups in total. The fourth-order valence-corrected chi connectivity index (χ4v) is 4.31. The number of carbonyl (C=O) groups excluding carboxylic acids is 2. The van der Waals surface area contributed by atoms with E-state index in [0.29, 0.717) is 37.5 Å². The second kappa shape index (κ2) is 10.2. The zero-order chi connectivity index (χ0) is 22.3. The van der Waals surface area contributed by atoms with E-state index in [-0.39, 0.29) is 17.7 Å². The van der Waals surface area contributed by atoms with Crippen LogP contribution in [0.15, 0.2) is 54.6 Å². The molecular formula is C23H24N4O4S. The lowest BCUT2D eigenvalue weighted by atomic mass is 10.1. The Morgan fingerprint density at radius 3 is 2.66 bits per heavy atom. The van der Waals surface area contributed by atoms with Crippen molar-refractivity contribution in [2.75, 3.05) is 30.5 Å². The first-order chi connectivity index (χ1) is 15.6. The summed E-state index contributed by atoms with van der Waals surface area (Å²) in [5, 5.41) is 12.3. The zero-order valence-corrected chi connectivity index (χ0v) is 18.5. The van der Waals surface area contributed by atoms with Crippen molar-refractivity contribution in [3.05, 3.63) is 59.6 Å². The second-order valence-corrected chi connectivity index (χ2v) is 8.37. The van der Waals surface area contributed by atoms with E-state index in [1.165, 1.54) is 11.3 Å². The van der Waals surface area contributed by atoms with Crippen LogP contribution in [0.25, 0.3) is 0 Å². The minimum absolute atomic E-state index is 0.0411. The Morgan fingerprint density at radius 2 is 1.91 bits per heavy atom. The van der Waals surface area contributed by atoms with E-state index in [1.807, 2.05) is 54.6 Å². The van der Waals surface area contributed by atoms with Crippen molar-refractivity contribution in [3.63, 3.8) is 0 Å². The van der Waals surface area contributed by atoms with Gasteiger partial charge in [0.25, 0.3) is 0 Å². The molecular weight excluding hydrogens is 428 g/mol. The van der Waals surface area contributed by atoms with Gasteiger partial charge < -0.3 is 19.7 Å². The van der Waals surface area contributed by atoms with Crippen molar-refractivity contribution in [2.24, 2.45) is 0 Å². The highest BCUT2D eigenvalue weighted by Crippen LogP contribution is 2.34. The number of carbonyl (C=O) groups is 2. The molecule has 2 heterocycles. The molecule has 1 aliphatic rings. The molecule has 9 heteroatoms. The Balaban J connectivity index is 1.26. The molecule has 8 nitrogen and oxygen atoms in total. The third kappa shape index (κ3) is 5.42. The minimum atomic E-state index is -0.133. The Morgan fingerprint density at radius 1 is 1.12 bits per heavy atom. The highest BCUT2D eigenvalue weighted by molar-refractivity contribution is 7.15. The van der Waals surface area contributed by atoms with Crippen LogP contribution >= 0.6 is 11.3 Å². The lowest BCUT2D eigenvalue weighted by molar-refractivity contribution is -0.117. The van der Waals surface area contributed by atoms with Crippen molar-refractivity contribution >= 4 is 34.0 Å². The van der Waals surface area contributed by atoms with Crippen molar-refractivity contribution in [1.82, 2.24) is 10.2 Å². The molecule has 3 aromatic rings. The van der Waals surface area contributed by atoms with Gasteiger partial charge in [-0.15, -0.1) is 10.2 Å². The number of nitrogens with one attached hydrogen (secondary N) is 1. The van der Waals surface area contributed by atoms with Gasteiger partial charge in [0.2, 0.25) is 16.9 Å². The van der Waals surface area contributed by atoms with Gasteiger partial charge in [0.1, 0.15) is 16.5 Å². The largest absolute Gasteiger partial charge is 0.497 e. The molecule has 1 saturated heterocycles. The van der Waals surface area contributed by atoms with Gasteiger partial charge >= 0.3 is 0 Å². The topological polar surface area (TPSA) is 93.7 Å². The van der Waals surface area contributed by atoms with E-state index in [1.54, 1.807) is 12.0 Å². The van der Waals surface area contributed by atoms with Gasteiger partial charge in [-0.05, 0) is 42.8 Å². The quantitative estimate of drug-likeness (QED) is 0.496. The summed E-state index contributed by atoms with van der Waals surface area (Å²) in [5.74, 6) is 1.39. The number of aromatic nitrogens is 2. The molecule has 2 aromatic carbocycles. The molecule has 4 rings (SSSR count). The van der Waals surface area contributed by atoms with E-state index in [9.17, 15) is 9.59 Å². The lowest BCUT2D eigenvalue weighted by Gasteiger charge is -2.16. The molecule has 32 heavy (non-hydrogen) atoms. The molecule has 0 unspecified atom stereocenters. The van der Waals surface area contributed by atoms with Crippen molar-refractivity contribution in [1.29, 1.82) is 0 Å². The maximum absolute atomic E-state index is 12.5. The van der Waals surface area contributed by atoms with Gasteiger partial charge in [0.15, 0.2) is 0 Å². The van der Waals surface area contributed by atoms with Crippen LogP contribution in [-0.4, -0.2) is 42.3 Å². The number of benzene rings is 2. The first kappa shape index (κ1) is 21.8. The van der Waals surface area contributed by atoms with Gasteiger partial charge in [-0.1, -0.05) is 29.5 Å². The highest BCUT2D eigenvalue weighted by atomic mass is 32.1. The Hall–Kier alpha value is -3.46. The molecule has 0 bridgehead atoms. The van der Waals surface area contributed by atoms with E-state index >= 15 is 0 Å². The maximum Gasteiger partial charge on any atom is 0.227 e. The van der Waals surface area contributed by atoms with Gasteiger partial charge in [0.05, 0.1) is 13.7 Å². The van der Waals surface area contributed by atoms with Crippen molar-refractivity contribution < 1.29 is 19.1 Å². The normalized spacial score (nSPS) is 15.6. The molecule has 0 saturated carbocycles. The second-order valence-electron chi connectivity index (χ2n) is 7.36. The SMILES string of the molecule is COc1ccc(N2C[C@H](c3nnc(NC(=O)CCCOc4ccccc4)s3)CC2=O)cc1. The van der Waals surface area contributed by atoms with Crippen LogP contribution < -0.4 is 19.7 Å². The van der Waals surface area contributed by atoms with Gasteiger partial charge in [0, 0.05) is 31.0 Å². The summed E-state index contributed by atoms with van der Waals surface area (Å²) >= 11 is 1.32. The zero-order valence-electron chi connectivity index (χ0n) is 17.7. The van der Waals surface area contributed by atoms with E-state index in [2.05, 4.69) is 15.5 Å². The summed E-state index contributed by atoms with van der Waals surface area (Å²) in [4.78, 5) is 26.5. The average molecular weight is 453 g/mol. The third-order valence-electron chi connectivity index (χ3n) is 5.11. The molecule has 1 fully saturated rings. The number of ether oxygens (including phenoxy) is 2. The van der Waals surface area contributed by atoms with Crippen LogP contribution in [0.3, 0.4) is 0 Å². The summed E-state index contributed by atoms with van der Waals surface area (Å²) in [7, 11) is 1.61. The average Bonchev–Trinajstić information content (AvgIpc) is 3.44. The minimum Gasteiger partial charge on any atom is -0.497 e. The van der Waals surface area contributed by atoms with E-state index in [4.69, 9.17) is 9.47 Å². The van der Waals surface area contributed by atoms with Crippen LogP contribution in [0.5, 0.6) is 11.5 Å². The van der Waals surface area contributed by atoms with Crippen LogP contribution in [0.2, 0.25) is 0 Å². The molecule has 166 valence electrons. The molecule has 0 aliphatic carbocycles. The smallest absolute Gasteiger partial charge is 0.227 e. The highest BCUT2D eigenvalue weighted by Gasteiger charge is 2.34. The van der Waals surface area contributed by atoms with E-state index in [0.717, 1.165) is 22.2 Å². The lowest BCUT2D eigenvalue weighted by Crippen LogP contribution is -2.24.